The Morgan fingerprint density at radius 1 is 1.03 bits per heavy atom. The zero-order valence-corrected chi connectivity index (χ0v) is 18.4. The first-order valence-corrected chi connectivity index (χ1v) is 10.7. The lowest BCUT2D eigenvalue weighted by Crippen LogP contribution is -2.39. The number of aliphatic hydroxyl groups is 3. The molecule has 0 saturated heterocycles. The monoisotopic (exact) mass is 448 g/mol. The van der Waals surface area contributed by atoms with Crippen LogP contribution in [-0.2, 0) is 12.8 Å². The summed E-state index contributed by atoms with van der Waals surface area (Å²) < 4.78 is 38.4. The van der Waals surface area contributed by atoms with E-state index in [2.05, 4.69) is 0 Å². The summed E-state index contributed by atoms with van der Waals surface area (Å²) in [6.45, 7) is 2.59. The quantitative estimate of drug-likeness (QED) is 0.418. The average molecular weight is 449 g/mol. The molecular formula is C26H31F3O3. The number of hydrogen-bond donors (Lipinski definition) is 3. The van der Waals surface area contributed by atoms with Crippen molar-refractivity contribution in [3.63, 3.8) is 0 Å². The van der Waals surface area contributed by atoms with E-state index in [1.165, 1.54) is 6.08 Å². The van der Waals surface area contributed by atoms with Gasteiger partial charge in [0.05, 0.1) is 6.10 Å². The van der Waals surface area contributed by atoms with Crippen molar-refractivity contribution in [3.8, 4) is 0 Å². The number of aryl methyl sites for hydroxylation is 2. The molecule has 0 bridgehead atoms. The van der Waals surface area contributed by atoms with Crippen molar-refractivity contribution in [2.24, 2.45) is 0 Å². The molecule has 2 rings (SSSR count). The van der Waals surface area contributed by atoms with E-state index in [4.69, 9.17) is 5.11 Å². The van der Waals surface area contributed by atoms with E-state index in [1.807, 2.05) is 55.5 Å². The Balaban J connectivity index is 2.07. The van der Waals surface area contributed by atoms with Gasteiger partial charge in [-0.15, -0.1) is 0 Å². The molecule has 0 saturated carbocycles. The highest BCUT2D eigenvalue weighted by molar-refractivity contribution is 5.67. The second-order valence-electron chi connectivity index (χ2n) is 8.02. The summed E-state index contributed by atoms with van der Waals surface area (Å²) in [6.07, 6.45) is 0.774. The molecule has 2 aromatic rings. The van der Waals surface area contributed by atoms with Crippen molar-refractivity contribution in [2.75, 3.05) is 6.61 Å². The van der Waals surface area contributed by atoms with Gasteiger partial charge in [-0.05, 0) is 60.1 Å². The lowest BCUT2D eigenvalue weighted by atomic mass is 9.96. The molecule has 2 aromatic carbocycles. The zero-order chi connectivity index (χ0) is 23.8. The van der Waals surface area contributed by atoms with E-state index in [9.17, 15) is 23.4 Å². The highest BCUT2D eigenvalue weighted by Crippen LogP contribution is 2.31. The minimum absolute atomic E-state index is 0.0646. The van der Waals surface area contributed by atoms with Gasteiger partial charge in [-0.25, -0.2) is 0 Å². The van der Waals surface area contributed by atoms with Crippen molar-refractivity contribution in [1.29, 1.82) is 0 Å². The van der Waals surface area contributed by atoms with Crippen molar-refractivity contribution in [2.45, 2.75) is 57.4 Å². The summed E-state index contributed by atoms with van der Waals surface area (Å²) in [5.41, 5.74) is 1.96. The number of aliphatic hydroxyl groups excluding tert-OH is 2. The van der Waals surface area contributed by atoms with Crippen molar-refractivity contribution in [1.82, 2.24) is 0 Å². The maximum Gasteiger partial charge on any atom is 0.420 e. The molecule has 0 radical (unpaired) electrons. The van der Waals surface area contributed by atoms with Crippen LogP contribution in [0.1, 0.15) is 55.0 Å². The van der Waals surface area contributed by atoms with Gasteiger partial charge in [-0.1, -0.05) is 67.6 Å². The number of benzene rings is 2. The van der Waals surface area contributed by atoms with E-state index >= 15 is 0 Å². The van der Waals surface area contributed by atoms with Gasteiger partial charge in [0.15, 0.2) is 5.60 Å². The fourth-order valence-electron chi connectivity index (χ4n) is 3.27. The van der Waals surface area contributed by atoms with Crippen LogP contribution in [0.25, 0.3) is 5.57 Å². The molecule has 3 nitrogen and oxygen atoms in total. The first-order chi connectivity index (χ1) is 15.1. The minimum Gasteiger partial charge on any atom is -0.396 e. The second kappa shape index (κ2) is 11.5. The minimum atomic E-state index is -4.72. The first kappa shape index (κ1) is 25.8. The number of alkyl halides is 3. The summed E-state index contributed by atoms with van der Waals surface area (Å²) >= 11 is 0. The maximum absolute atomic E-state index is 12.8. The van der Waals surface area contributed by atoms with Crippen molar-refractivity contribution in [3.05, 3.63) is 89.0 Å². The Morgan fingerprint density at radius 3 is 2.28 bits per heavy atom. The third kappa shape index (κ3) is 7.33. The van der Waals surface area contributed by atoms with Crippen LogP contribution in [0.15, 0.2) is 66.8 Å². The Labute approximate surface area is 187 Å². The van der Waals surface area contributed by atoms with Crippen LogP contribution in [0.5, 0.6) is 0 Å². The summed E-state index contributed by atoms with van der Waals surface area (Å²) in [5.74, 6) is 0. The predicted molar refractivity (Wildman–Crippen MR) is 121 cm³/mol. The average Bonchev–Trinajstić information content (AvgIpc) is 2.75. The molecule has 0 amide bonds. The van der Waals surface area contributed by atoms with Gasteiger partial charge in [-0.2, -0.15) is 13.2 Å². The van der Waals surface area contributed by atoms with Crippen LogP contribution in [-0.4, -0.2) is 33.7 Å². The Kier molecular flexibility index (Phi) is 9.25. The number of rotatable bonds is 10. The molecule has 0 aromatic heterocycles. The summed E-state index contributed by atoms with van der Waals surface area (Å²) in [5, 5.41) is 28.4. The van der Waals surface area contributed by atoms with Gasteiger partial charge in [-0.3, -0.25) is 0 Å². The molecule has 0 aliphatic rings. The molecule has 2 unspecified atom stereocenters. The van der Waals surface area contributed by atoms with Gasteiger partial charge in [0.1, 0.15) is 0 Å². The van der Waals surface area contributed by atoms with Gasteiger partial charge in [0, 0.05) is 13.0 Å². The highest BCUT2D eigenvalue weighted by Gasteiger charge is 2.47. The van der Waals surface area contributed by atoms with Crippen LogP contribution >= 0.6 is 0 Å². The standard InChI is InChI=1S/C26H31F3O3/c1-3-21(8-5-16-25(2,32)26(27,28)29)23-7-4-6-20(18-23)10-9-19-11-13-22(14-12-19)24(31)15-17-30/h4-8,11-14,16,18,24,30-32H,3,9-10,15,17H2,1-2H3/b16-5+,21-8+. The first-order valence-electron chi connectivity index (χ1n) is 10.7. The molecule has 0 spiro atoms. The normalized spacial score (nSPS) is 15.7. The lowest BCUT2D eigenvalue weighted by molar-refractivity contribution is -0.232. The molecule has 0 aliphatic heterocycles. The largest absolute Gasteiger partial charge is 0.420 e. The molecule has 3 N–H and O–H groups in total. The summed E-state index contributed by atoms with van der Waals surface area (Å²) in [4.78, 5) is 0. The van der Waals surface area contributed by atoms with Crippen LogP contribution in [0.3, 0.4) is 0 Å². The molecule has 0 aliphatic carbocycles. The van der Waals surface area contributed by atoms with Crippen LogP contribution in [0, 0.1) is 0 Å². The Hall–Kier alpha value is -2.41. The van der Waals surface area contributed by atoms with Crippen LogP contribution in [0.2, 0.25) is 0 Å². The van der Waals surface area contributed by atoms with Crippen LogP contribution in [0.4, 0.5) is 13.2 Å². The predicted octanol–water partition coefficient (Wildman–Crippen LogP) is 5.55. The van der Waals surface area contributed by atoms with Gasteiger partial charge >= 0.3 is 6.18 Å². The Bertz CT molecular complexity index is 913. The fraction of sp³-hybridized carbons (Fsp3) is 0.385. The van der Waals surface area contributed by atoms with E-state index in [0.29, 0.717) is 12.8 Å². The smallest absolute Gasteiger partial charge is 0.396 e. The third-order valence-corrected chi connectivity index (χ3v) is 5.44. The van der Waals surface area contributed by atoms with Crippen molar-refractivity contribution < 1.29 is 28.5 Å². The summed E-state index contributed by atoms with van der Waals surface area (Å²) in [6, 6.07) is 15.6. The van der Waals surface area contributed by atoms with E-state index in [1.54, 1.807) is 6.08 Å². The third-order valence-electron chi connectivity index (χ3n) is 5.44. The van der Waals surface area contributed by atoms with Crippen LogP contribution < -0.4 is 0 Å². The topological polar surface area (TPSA) is 60.7 Å². The lowest BCUT2D eigenvalue weighted by Gasteiger charge is -2.22. The van der Waals surface area contributed by atoms with E-state index < -0.39 is 17.9 Å². The number of allylic oxidation sites excluding steroid dienone is 3. The maximum atomic E-state index is 12.8. The van der Waals surface area contributed by atoms with Crippen molar-refractivity contribution >= 4 is 5.57 Å². The van der Waals surface area contributed by atoms with E-state index in [-0.39, 0.29) is 6.61 Å². The molecule has 174 valence electrons. The van der Waals surface area contributed by atoms with Gasteiger partial charge in [0.25, 0.3) is 0 Å². The molecule has 2 atom stereocenters. The molecule has 32 heavy (non-hydrogen) atoms. The number of hydrogen-bond acceptors (Lipinski definition) is 3. The van der Waals surface area contributed by atoms with E-state index in [0.717, 1.165) is 53.7 Å². The molecule has 6 heteroatoms. The highest BCUT2D eigenvalue weighted by atomic mass is 19.4. The SMILES string of the molecule is CC/C(=C\C=C\C(C)(O)C(F)(F)F)c1cccc(CCc2ccc(C(O)CCO)cc2)c1. The second-order valence-corrected chi connectivity index (χ2v) is 8.02. The van der Waals surface area contributed by atoms with Gasteiger partial charge in [0.2, 0.25) is 0 Å². The number of halogens is 3. The zero-order valence-electron chi connectivity index (χ0n) is 18.4. The molecule has 0 fully saturated rings. The molecule has 0 heterocycles. The fourth-order valence-corrected chi connectivity index (χ4v) is 3.27. The Morgan fingerprint density at radius 2 is 1.69 bits per heavy atom. The van der Waals surface area contributed by atoms with Gasteiger partial charge < -0.3 is 15.3 Å². The molecular weight excluding hydrogens is 417 g/mol. The summed E-state index contributed by atoms with van der Waals surface area (Å²) in [7, 11) is 0.